The summed E-state index contributed by atoms with van der Waals surface area (Å²) in [6.07, 6.45) is 1.70. The molecule has 0 radical (unpaired) electrons. The van der Waals surface area contributed by atoms with E-state index in [0.717, 1.165) is 21.9 Å². The maximum atomic E-state index is 12.8. The fourth-order valence-corrected chi connectivity index (χ4v) is 3.83. The average Bonchev–Trinajstić information content (AvgIpc) is 3.42. The van der Waals surface area contributed by atoms with Crippen LogP contribution in [0.4, 0.5) is 11.4 Å². The molecule has 0 saturated heterocycles. The summed E-state index contributed by atoms with van der Waals surface area (Å²) in [7, 11) is 0. The quantitative estimate of drug-likeness (QED) is 0.405. The van der Waals surface area contributed by atoms with Gasteiger partial charge in [-0.15, -0.1) is 11.3 Å². The van der Waals surface area contributed by atoms with E-state index in [-0.39, 0.29) is 11.9 Å². The molecule has 1 atom stereocenters. The fourth-order valence-electron chi connectivity index (χ4n) is 2.96. The predicted molar refractivity (Wildman–Crippen MR) is 115 cm³/mol. The Morgan fingerprint density at radius 3 is 2.46 bits per heavy atom. The molecule has 6 heteroatoms. The number of anilines is 2. The van der Waals surface area contributed by atoms with Crippen LogP contribution < -0.4 is 10.6 Å². The van der Waals surface area contributed by atoms with Crippen molar-refractivity contribution >= 4 is 28.6 Å². The third kappa shape index (κ3) is 3.97. The summed E-state index contributed by atoms with van der Waals surface area (Å²) < 4.78 is 0. The lowest BCUT2D eigenvalue weighted by Crippen LogP contribution is -2.13. The van der Waals surface area contributed by atoms with Crippen LogP contribution in [-0.2, 0) is 0 Å². The summed E-state index contributed by atoms with van der Waals surface area (Å²) >= 11 is 1.43. The number of thiophene rings is 1. The Hall–Kier alpha value is -3.38. The summed E-state index contributed by atoms with van der Waals surface area (Å²) in [5.74, 6) is -0.127. The number of para-hydroxylation sites is 2. The molecule has 1 amide bonds. The van der Waals surface area contributed by atoms with Crippen LogP contribution in [0.2, 0.25) is 0 Å². The Bertz CT molecular complexity index is 1060. The summed E-state index contributed by atoms with van der Waals surface area (Å²) in [5.41, 5.74) is 3.73. The lowest BCUT2D eigenvalue weighted by Gasteiger charge is -2.18. The minimum absolute atomic E-state index is 0.118. The van der Waals surface area contributed by atoms with Gasteiger partial charge in [0.2, 0.25) is 0 Å². The first-order valence-corrected chi connectivity index (χ1v) is 9.84. The molecule has 2 aromatic carbocycles. The van der Waals surface area contributed by atoms with Gasteiger partial charge in [0.15, 0.2) is 0 Å². The molecule has 0 aliphatic heterocycles. The van der Waals surface area contributed by atoms with Gasteiger partial charge in [0.05, 0.1) is 26.8 Å². The number of hydrogen-bond donors (Lipinski definition) is 3. The number of carbonyl (C=O) groups is 1. The van der Waals surface area contributed by atoms with Crippen LogP contribution in [0.5, 0.6) is 0 Å². The fraction of sp³-hybridized carbons (Fsp3) is 0.0909. The zero-order valence-electron chi connectivity index (χ0n) is 15.3. The second-order valence-electron chi connectivity index (χ2n) is 6.41. The standard InChI is InChI=1S/C22H20N4OS/c1-15(16-7-3-2-4-8-16)24-17-9-5-6-10-18(17)25-22(27)21-12-11-20(28-21)19-13-14-23-26-19/h2-15,24H,1H3,(H,23,26)(H,25,27). The number of carbonyl (C=O) groups excluding carboxylic acids is 1. The number of hydrogen-bond acceptors (Lipinski definition) is 4. The molecule has 2 aromatic heterocycles. The topological polar surface area (TPSA) is 69.8 Å². The van der Waals surface area contributed by atoms with E-state index in [4.69, 9.17) is 0 Å². The van der Waals surface area contributed by atoms with Gasteiger partial charge >= 0.3 is 0 Å². The van der Waals surface area contributed by atoms with Gasteiger partial charge in [-0.05, 0) is 42.8 Å². The van der Waals surface area contributed by atoms with Crippen molar-refractivity contribution in [2.45, 2.75) is 13.0 Å². The van der Waals surface area contributed by atoms with Gasteiger partial charge in [-0.3, -0.25) is 9.89 Å². The highest BCUT2D eigenvalue weighted by Gasteiger charge is 2.14. The summed E-state index contributed by atoms with van der Waals surface area (Å²) in [6.45, 7) is 2.10. The van der Waals surface area contributed by atoms with Gasteiger partial charge in [0.1, 0.15) is 0 Å². The first-order valence-electron chi connectivity index (χ1n) is 9.02. The third-order valence-corrected chi connectivity index (χ3v) is 5.56. The number of rotatable bonds is 6. The molecule has 140 valence electrons. The van der Waals surface area contributed by atoms with E-state index in [1.807, 2.05) is 60.7 Å². The zero-order chi connectivity index (χ0) is 19.3. The van der Waals surface area contributed by atoms with E-state index in [1.165, 1.54) is 16.9 Å². The Balaban J connectivity index is 1.50. The van der Waals surface area contributed by atoms with Gasteiger partial charge in [0, 0.05) is 12.2 Å². The first-order chi connectivity index (χ1) is 13.7. The number of H-pyrrole nitrogens is 1. The Labute approximate surface area is 167 Å². The maximum Gasteiger partial charge on any atom is 0.265 e. The van der Waals surface area contributed by atoms with Gasteiger partial charge in [-0.25, -0.2) is 0 Å². The minimum Gasteiger partial charge on any atom is -0.377 e. The van der Waals surface area contributed by atoms with E-state index in [2.05, 4.69) is 39.9 Å². The molecule has 2 heterocycles. The van der Waals surface area contributed by atoms with E-state index in [1.54, 1.807) is 6.20 Å². The van der Waals surface area contributed by atoms with E-state index in [9.17, 15) is 4.79 Å². The molecule has 1 unspecified atom stereocenters. The molecule has 0 aliphatic rings. The summed E-state index contributed by atoms with van der Waals surface area (Å²) in [6, 6.07) is 23.7. The smallest absolute Gasteiger partial charge is 0.265 e. The van der Waals surface area contributed by atoms with Crippen molar-refractivity contribution in [3.63, 3.8) is 0 Å². The highest BCUT2D eigenvalue weighted by atomic mass is 32.1. The SMILES string of the molecule is CC(Nc1ccccc1NC(=O)c1ccc(-c2ccn[nH]2)s1)c1ccccc1. The van der Waals surface area contributed by atoms with E-state index < -0.39 is 0 Å². The molecule has 0 fully saturated rings. The molecule has 3 N–H and O–H groups in total. The Kier molecular flexibility index (Phi) is 5.21. The van der Waals surface area contributed by atoms with Crippen molar-refractivity contribution in [2.24, 2.45) is 0 Å². The Morgan fingerprint density at radius 1 is 0.964 bits per heavy atom. The number of aromatic amines is 1. The zero-order valence-corrected chi connectivity index (χ0v) is 16.2. The van der Waals surface area contributed by atoms with Crippen LogP contribution in [-0.4, -0.2) is 16.1 Å². The van der Waals surface area contributed by atoms with Gasteiger partial charge in [0.25, 0.3) is 5.91 Å². The Morgan fingerprint density at radius 2 is 1.71 bits per heavy atom. The van der Waals surface area contributed by atoms with Gasteiger partial charge < -0.3 is 10.6 Å². The number of aromatic nitrogens is 2. The van der Waals surface area contributed by atoms with Crippen LogP contribution in [0.25, 0.3) is 10.6 Å². The number of benzene rings is 2. The molecule has 0 bridgehead atoms. The van der Waals surface area contributed by atoms with Crippen molar-refractivity contribution < 1.29 is 4.79 Å². The molecule has 0 aliphatic carbocycles. The van der Waals surface area contributed by atoms with Gasteiger partial charge in [-0.2, -0.15) is 5.10 Å². The van der Waals surface area contributed by atoms with E-state index in [0.29, 0.717) is 4.88 Å². The van der Waals surface area contributed by atoms with Crippen molar-refractivity contribution in [3.05, 3.63) is 89.4 Å². The van der Waals surface area contributed by atoms with Gasteiger partial charge in [-0.1, -0.05) is 42.5 Å². The highest BCUT2D eigenvalue weighted by Crippen LogP contribution is 2.29. The van der Waals surface area contributed by atoms with Crippen LogP contribution >= 0.6 is 11.3 Å². The summed E-state index contributed by atoms with van der Waals surface area (Å²) in [4.78, 5) is 14.4. The third-order valence-electron chi connectivity index (χ3n) is 4.44. The maximum absolute atomic E-state index is 12.8. The lowest BCUT2D eigenvalue weighted by molar-refractivity contribution is 0.103. The second-order valence-corrected chi connectivity index (χ2v) is 7.49. The molecule has 4 rings (SSSR count). The molecule has 5 nitrogen and oxygen atoms in total. The van der Waals surface area contributed by atoms with Crippen molar-refractivity contribution in [3.8, 4) is 10.6 Å². The van der Waals surface area contributed by atoms with Crippen molar-refractivity contribution in [2.75, 3.05) is 10.6 Å². The minimum atomic E-state index is -0.127. The summed E-state index contributed by atoms with van der Waals surface area (Å²) in [5, 5.41) is 13.4. The molecule has 0 saturated carbocycles. The molecular formula is C22H20N4OS. The van der Waals surface area contributed by atoms with Crippen LogP contribution in [0, 0.1) is 0 Å². The molecule has 28 heavy (non-hydrogen) atoms. The molecule has 0 spiro atoms. The molecular weight excluding hydrogens is 368 g/mol. The number of amides is 1. The normalized spacial score (nSPS) is 11.8. The number of nitrogens with one attached hydrogen (secondary N) is 3. The van der Waals surface area contributed by atoms with Crippen LogP contribution in [0.15, 0.2) is 79.0 Å². The van der Waals surface area contributed by atoms with E-state index >= 15 is 0 Å². The largest absolute Gasteiger partial charge is 0.377 e. The van der Waals surface area contributed by atoms with Crippen molar-refractivity contribution in [1.82, 2.24) is 10.2 Å². The lowest BCUT2D eigenvalue weighted by atomic mass is 10.1. The predicted octanol–water partition coefficient (Wildman–Crippen LogP) is 5.56. The van der Waals surface area contributed by atoms with Crippen LogP contribution in [0.1, 0.15) is 28.2 Å². The first kappa shape index (κ1) is 18.0. The monoisotopic (exact) mass is 388 g/mol. The second kappa shape index (κ2) is 8.10. The highest BCUT2D eigenvalue weighted by molar-refractivity contribution is 7.17. The average molecular weight is 388 g/mol. The van der Waals surface area contributed by atoms with Crippen LogP contribution in [0.3, 0.4) is 0 Å². The van der Waals surface area contributed by atoms with Crippen molar-refractivity contribution in [1.29, 1.82) is 0 Å². The molecule has 4 aromatic rings. The number of nitrogens with zero attached hydrogens (tertiary/aromatic N) is 1.